The number of pyridine rings is 1. The van der Waals surface area contributed by atoms with Gasteiger partial charge in [0.15, 0.2) is 0 Å². The Labute approximate surface area is 87.3 Å². The van der Waals surface area contributed by atoms with Gasteiger partial charge in [0, 0.05) is 6.20 Å². The Morgan fingerprint density at radius 2 is 1.94 bits per heavy atom. The molecule has 0 N–H and O–H groups in total. The number of nitriles is 1. The average molecular weight is 236 g/mol. The van der Waals surface area contributed by atoms with Crippen LogP contribution in [0.4, 0.5) is 22.0 Å². The molecule has 0 atom stereocenters. The number of hydrogen-bond donors (Lipinski definition) is 0. The second-order valence-electron chi connectivity index (χ2n) is 2.99. The molecule has 86 valence electrons. The summed E-state index contributed by atoms with van der Waals surface area (Å²) in [5.41, 5.74) is -3.95. The van der Waals surface area contributed by atoms with Crippen LogP contribution in [0.2, 0.25) is 0 Å². The van der Waals surface area contributed by atoms with Crippen molar-refractivity contribution < 1.29 is 22.0 Å². The fraction of sp³-hybridized carbons (Fsp3) is 0.333. The van der Waals surface area contributed by atoms with E-state index in [-0.39, 0.29) is 5.56 Å². The first-order chi connectivity index (χ1) is 7.29. The Hall–Kier alpha value is -1.71. The van der Waals surface area contributed by atoms with Crippen LogP contribution in [0.15, 0.2) is 6.20 Å². The molecule has 1 heterocycles. The molecule has 0 saturated carbocycles. The quantitative estimate of drug-likeness (QED) is 0.702. The third-order valence-corrected chi connectivity index (χ3v) is 1.90. The van der Waals surface area contributed by atoms with Gasteiger partial charge in [0.05, 0.1) is 11.1 Å². The van der Waals surface area contributed by atoms with Gasteiger partial charge in [0.25, 0.3) is 6.43 Å². The van der Waals surface area contributed by atoms with E-state index in [1.165, 1.54) is 0 Å². The van der Waals surface area contributed by atoms with Crippen LogP contribution in [0.5, 0.6) is 0 Å². The Kier molecular flexibility index (Phi) is 3.12. The van der Waals surface area contributed by atoms with Crippen LogP contribution in [0.1, 0.15) is 28.8 Å². The maximum Gasteiger partial charge on any atom is 0.418 e. The molecule has 0 amide bonds. The lowest BCUT2D eigenvalue weighted by Crippen LogP contribution is -2.13. The lowest BCUT2D eigenvalue weighted by atomic mass is 10.0. The van der Waals surface area contributed by atoms with Crippen molar-refractivity contribution in [2.24, 2.45) is 0 Å². The summed E-state index contributed by atoms with van der Waals surface area (Å²) in [4.78, 5) is 3.15. The molecule has 0 spiro atoms. The average Bonchev–Trinajstić information content (AvgIpc) is 2.14. The maximum absolute atomic E-state index is 12.5. The fourth-order valence-corrected chi connectivity index (χ4v) is 1.26. The number of halogens is 5. The van der Waals surface area contributed by atoms with Crippen LogP contribution in [-0.4, -0.2) is 4.98 Å². The van der Waals surface area contributed by atoms with Crippen LogP contribution in [0.25, 0.3) is 0 Å². The summed E-state index contributed by atoms with van der Waals surface area (Å²) in [7, 11) is 0. The first-order valence-corrected chi connectivity index (χ1v) is 4.04. The summed E-state index contributed by atoms with van der Waals surface area (Å²) in [6, 6.07) is 1.13. The molecule has 0 aliphatic carbocycles. The van der Waals surface area contributed by atoms with Crippen molar-refractivity contribution in [3.8, 4) is 6.07 Å². The van der Waals surface area contributed by atoms with Gasteiger partial charge in [-0.2, -0.15) is 18.4 Å². The van der Waals surface area contributed by atoms with E-state index in [0.717, 1.165) is 13.0 Å². The number of rotatable bonds is 1. The summed E-state index contributed by atoms with van der Waals surface area (Å²) in [6.07, 6.45) is -7.37. The van der Waals surface area contributed by atoms with Crippen molar-refractivity contribution >= 4 is 0 Å². The van der Waals surface area contributed by atoms with Gasteiger partial charge in [-0.05, 0) is 12.5 Å². The SMILES string of the molecule is Cc1cnc(C(F)F)c(C#N)c1C(F)(F)F. The minimum absolute atomic E-state index is 0.353. The highest BCUT2D eigenvalue weighted by Crippen LogP contribution is 2.36. The summed E-state index contributed by atoms with van der Waals surface area (Å²) in [5, 5.41) is 8.51. The Morgan fingerprint density at radius 1 is 1.38 bits per heavy atom. The lowest BCUT2D eigenvalue weighted by Gasteiger charge is -2.13. The number of aromatic nitrogens is 1. The topological polar surface area (TPSA) is 36.7 Å². The van der Waals surface area contributed by atoms with Crippen molar-refractivity contribution in [1.29, 1.82) is 5.26 Å². The monoisotopic (exact) mass is 236 g/mol. The first kappa shape index (κ1) is 12.4. The molecule has 16 heavy (non-hydrogen) atoms. The Bertz CT molecular complexity index is 444. The largest absolute Gasteiger partial charge is 0.418 e. The van der Waals surface area contributed by atoms with Crippen LogP contribution >= 0.6 is 0 Å². The van der Waals surface area contributed by atoms with E-state index in [9.17, 15) is 22.0 Å². The van der Waals surface area contributed by atoms with Gasteiger partial charge < -0.3 is 0 Å². The molecule has 1 aromatic heterocycles. The van der Waals surface area contributed by atoms with Crippen LogP contribution in [-0.2, 0) is 6.18 Å². The number of alkyl halides is 5. The highest BCUT2D eigenvalue weighted by molar-refractivity contribution is 5.46. The second kappa shape index (κ2) is 4.04. The van der Waals surface area contributed by atoms with Gasteiger partial charge in [0.1, 0.15) is 11.8 Å². The fourth-order valence-electron chi connectivity index (χ4n) is 1.26. The second-order valence-corrected chi connectivity index (χ2v) is 2.99. The molecule has 0 bridgehead atoms. The van der Waals surface area contributed by atoms with Crippen LogP contribution in [0, 0.1) is 18.3 Å². The van der Waals surface area contributed by atoms with Gasteiger partial charge in [-0.3, -0.25) is 4.98 Å². The van der Waals surface area contributed by atoms with E-state index in [2.05, 4.69) is 4.98 Å². The zero-order chi connectivity index (χ0) is 12.5. The Morgan fingerprint density at radius 3 is 2.31 bits per heavy atom. The summed E-state index contributed by atoms with van der Waals surface area (Å²) in [6.45, 7) is 1.06. The zero-order valence-corrected chi connectivity index (χ0v) is 7.94. The van der Waals surface area contributed by atoms with E-state index >= 15 is 0 Å². The minimum Gasteiger partial charge on any atom is -0.254 e. The summed E-state index contributed by atoms with van der Waals surface area (Å²) < 4.78 is 62.2. The number of hydrogen-bond acceptors (Lipinski definition) is 2. The van der Waals surface area contributed by atoms with Gasteiger partial charge in [0.2, 0.25) is 0 Å². The molecular formula is C9H5F5N2. The summed E-state index contributed by atoms with van der Waals surface area (Å²) in [5.74, 6) is 0. The molecule has 1 aromatic rings. The normalized spacial score (nSPS) is 11.6. The number of nitrogens with zero attached hydrogens (tertiary/aromatic N) is 2. The van der Waals surface area contributed by atoms with E-state index < -0.39 is 29.4 Å². The standard InChI is InChI=1S/C9H5F5N2/c1-4-3-16-7(8(10)11)5(2-15)6(4)9(12,13)14/h3,8H,1H3. The molecule has 0 aliphatic heterocycles. The Balaban J connectivity index is 3.60. The predicted molar refractivity (Wildman–Crippen MR) is 43.6 cm³/mol. The minimum atomic E-state index is -4.85. The van der Waals surface area contributed by atoms with E-state index in [0.29, 0.717) is 6.20 Å². The molecule has 0 aromatic carbocycles. The maximum atomic E-state index is 12.5. The third-order valence-electron chi connectivity index (χ3n) is 1.90. The van der Waals surface area contributed by atoms with Crippen LogP contribution < -0.4 is 0 Å². The highest BCUT2D eigenvalue weighted by Gasteiger charge is 2.38. The van der Waals surface area contributed by atoms with Crippen molar-refractivity contribution in [3.63, 3.8) is 0 Å². The molecule has 0 radical (unpaired) electrons. The van der Waals surface area contributed by atoms with E-state index in [1.54, 1.807) is 0 Å². The molecule has 1 rings (SSSR count). The first-order valence-electron chi connectivity index (χ1n) is 4.04. The van der Waals surface area contributed by atoms with Crippen molar-refractivity contribution in [1.82, 2.24) is 4.98 Å². The van der Waals surface area contributed by atoms with Gasteiger partial charge in [-0.15, -0.1) is 0 Å². The van der Waals surface area contributed by atoms with Crippen molar-refractivity contribution in [3.05, 3.63) is 28.6 Å². The molecule has 0 fully saturated rings. The molecule has 2 nitrogen and oxygen atoms in total. The third kappa shape index (κ3) is 2.10. The van der Waals surface area contributed by atoms with Gasteiger partial charge in [-0.1, -0.05) is 0 Å². The molecule has 7 heteroatoms. The smallest absolute Gasteiger partial charge is 0.254 e. The number of aryl methyl sites for hydroxylation is 1. The van der Waals surface area contributed by atoms with Crippen molar-refractivity contribution in [2.75, 3.05) is 0 Å². The lowest BCUT2D eigenvalue weighted by molar-refractivity contribution is -0.138. The van der Waals surface area contributed by atoms with E-state index in [4.69, 9.17) is 5.26 Å². The summed E-state index contributed by atoms with van der Waals surface area (Å²) >= 11 is 0. The van der Waals surface area contributed by atoms with Crippen LogP contribution in [0.3, 0.4) is 0 Å². The van der Waals surface area contributed by atoms with Gasteiger partial charge >= 0.3 is 6.18 Å². The zero-order valence-electron chi connectivity index (χ0n) is 7.94. The predicted octanol–water partition coefficient (Wildman–Crippen LogP) is 3.22. The molecule has 0 aliphatic rings. The molecule has 0 saturated heterocycles. The highest BCUT2D eigenvalue weighted by atomic mass is 19.4. The van der Waals surface area contributed by atoms with E-state index in [1.807, 2.05) is 0 Å². The molecule has 0 unspecified atom stereocenters. The van der Waals surface area contributed by atoms with Gasteiger partial charge in [-0.25, -0.2) is 8.78 Å². The van der Waals surface area contributed by atoms with Crippen molar-refractivity contribution in [2.45, 2.75) is 19.5 Å². The molecular weight excluding hydrogens is 231 g/mol.